The third-order valence-corrected chi connectivity index (χ3v) is 5.77. The maximum absolute atomic E-state index is 12.2. The number of rotatable bonds is 12. The number of aliphatic hydroxyl groups excluding tert-OH is 7. The van der Waals surface area contributed by atoms with Gasteiger partial charge in [-0.1, -0.05) is 32.6 Å². The molecule has 12 nitrogen and oxygen atoms in total. The molecule has 0 amide bonds. The molecule has 0 radical (unpaired) electrons. The van der Waals surface area contributed by atoms with E-state index in [1.807, 2.05) is 0 Å². The standard InChI is InChI=1S/C20H36O12/c1-2-3-4-5-6-7-13(23)29-10-20(18(28)15(25)12(9-22)31-20)32-19-17(27)16(26)14(24)11(8-21)30-19/h11-12,14-19,21-22,24-28H,2-10H2,1H3/t11-,12-,14-,15-,16+,17-,18+,19-,20+/m1/s1. The summed E-state index contributed by atoms with van der Waals surface area (Å²) >= 11 is 0. The molecular weight excluding hydrogens is 432 g/mol. The highest BCUT2D eigenvalue weighted by atomic mass is 16.8. The Kier molecular flexibility index (Phi) is 10.7. The predicted octanol–water partition coefficient (Wildman–Crippen LogP) is -2.48. The van der Waals surface area contributed by atoms with Crippen LogP contribution < -0.4 is 0 Å². The average Bonchev–Trinajstić information content (AvgIpc) is 3.02. The molecule has 2 aliphatic heterocycles. The lowest BCUT2D eigenvalue weighted by Gasteiger charge is -2.43. The van der Waals surface area contributed by atoms with E-state index >= 15 is 0 Å². The Morgan fingerprint density at radius 1 is 0.875 bits per heavy atom. The minimum atomic E-state index is -2.24. The average molecular weight is 468 g/mol. The Morgan fingerprint density at radius 3 is 2.12 bits per heavy atom. The fourth-order valence-corrected chi connectivity index (χ4v) is 3.74. The summed E-state index contributed by atoms with van der Waals surface area (Å²) in [5, 5.41) is 69.6. The SMILES string of the molecule is CCCCCCCC(=O)OC[C@@]1(O[C@H]2O[C@H](CO)[C@@H](O)[C@H](O)[C@H]2O)O[C@H](CO)[C@@H](O)[C@@H]1O. The lowest BCUT2D eigenvalue weighted by atomic mass is 9.99. The molecule has 2 rings (SSSR count). The first-order chi connectivity index (χ1) is 15.2. The van der Waals surface area contributed by atoms with Crippen LogP contribution in [0.1, 0.15) is 45.4 Å². The summed E-state index contributed by atoms with van der Waals surface area (Å²) in [4.78, 5) is 12.2. The highest BCUT2D eigenvalue weighted by molar-refractivity contribution is 5.69. The molecule has 12 heteroatoms. The third kappa shape index (κ3) is 6.35. The van der Waals surface area contributed by atoms with Crippen LogP contribution in [0.2, 0.25) is 0 Å². The highest BCUT2D eigenvalue weighted by Crippen LogP contribution is 2.36. The highest BCUT2D eigenvalue weighted by Gasteiger charge is 2.59. The Labute approximate surface area is 186 Å². The van der Waals surface area contributed by atoms with Crippen LogP contribution >= 0.6 is 0 Å². The van der Waals surface area contributed by atoms with Gasteiger partial charge in [-0.3, -0.25) is 4.79 Å². The molecule has 0 aromatic heterocycles. The Balaban J connectivity index is 2.08. The van der Waals surface area contributed by atoms with Gasteiger partial charge >= 0.3 is 5.97 Å². The number of carbonyl (C=O) groups is 1. The van der Waals surface area contributed by atoms with Crippen LogP contribution in [0.15, 0.2) is 0 Å². The fourth-order valence-electron chi connectivity index (χ4n) is 3.74. The number of hydrogen-bond donors (Lipinski definition) is 7. The van der Waals surface area contributed by atoms with Gasteiger partial charge in [-0.15, -0.1) is 0 Å². The molecule has 0 bridgehead atoms. The quantitative estimate of drug-likeness (QED) is 0.118. The molecule has 0 saturated carbocycles. The summed E-state index contributed by atoms with van der Waals surface area (Å²) in [6, 6.07) is 0. The summed E-state index contributed by atoms with van der Waals surface area (Å²) in [5.74, 6) is -2.84. The van der Waals surface area contributed by atoms with Gasteiger partial charge in [-0.2, -0.15) is 0 Å². The van der Waals surface area contributed by atoms with Crippen LogP contribution in [0.5, 0.6) is 0 Å². The molecule has 2 aliphatic rings. The zero-order valence-corrected chi connectivity index (χ0v) is 18.2. The minimum absolute atomic E-state index is 0.113. The van der Waals surface area contributed by atoms with Crippen molar-refractivity contribution >= 4 is 5.97 Å². The van der Waals surface area contributed by atoms with E-state index in [1.165, 1.54) is 0 Å². The first-order valence-corrected chi connectivity index (χ1v) is 11.0. The van der Waals surface area contributed by atoms with Crippen LogP contribution in [0.3, 0.4) is 0 Å². The number of unbranched alkanes of at least 4 members (excludes halogenated alkanes) is 4. The molecule has 0 unspecified atom stereocenters. The maximum Gasteiger partial charge on any atom is 0.305 e. The lowest BCUT2D eigenvalue weighted by molar-refractivity contribution is -0.383. The van der Waals surface area contributed by atoms with Gasteiger partial charge in [0, 0.05) is 6.42 Å². The van der Waals surface area contributed by atoms with Crippen LogP contribution in [0, 0.1) is 0 Å². The molecule has 0 aromatic rings. The van der Waals surface area contributed by atoms with E-state index in [0.717, 1.165) is 25.7 Å². The monoisotopic (exact) mass is 468 g/mol. The molecule has 0 aromatic carbocycles. The number of ether oxygens (including phenoxy) is 4. The largest absolute Gasteiger partial charge is 0.460 e. The van der Waals surface area contributed by atoms with Crippen molar-refractivity contribution in [2.75, 3.05) is 19.8 Å². The van der Waals surface area contributed by atoms with E-state index in [-0.39, 0.29) is 6.42 Å². The van der Waals surface area contributed by atoms with Crippen molar-refractivity contribution < 1.29 is 59.5 Å². The molecule has 2 fully saturated rings. The summed E-state index contributed by atoms with van der Waals surface area (Å²) in [6.07, 6.45) is -8.28. The van der Waals surface area contributed by atoms with Gasteiger partial charge in [0.2, 0.25) is 5.79 Å². The zero-order chi connectivity index (χ0) is 23.9. The van der Waals surface area contributed by atoms with Crippen molar-refractivity contribution in [3.63, 3.8) is 0 Å². The molecule has 7 N–H and O–H groups in total. The maximum atomic E-state index is 12.2. The second-order valence-electron chi connectivity index (χ2n) is 8.23. The van der Waals surface area contributed by atoms with Gasteiger partial charge in [0.05, 0.1) is 13.2 Å². The van der Waals surface area contributed by atoms with E-state index in [2.05, 4.69) is 6.92 Å². The van der Waals surface area contributed by atoms with Crippen LogP contribution in [-0.2, 0) is 23.7 Å². The topological polar surface area (TPSA) is 196 Å². The van der Waals surface area contributed by atoms with Gasteiger partial charge in [0.15, 0.2) is 6.29 Å². The molecule has 9 atom stereocenters. The molecular formula is C20H36O12. The lowest BCUT2D eigenvalue weighted by Crippen LogP contribution is -2.62. The Morgan fingerprint density at radius 2 is 1.53 bits per heavy atom. The fraction of sp³-hybridized carbons (Fsp3) is 0.950. The van der Waals surface area contributed by atoms with Crippen molar-refractivity contribution in [3.05, 3.63) is 0 Å². The van der Waals surface area contributed by atoms with Crippen molar-refractivity contribution in [1.29, 1.82) is 0 Å². The van der Waals surface area contributed by atoms with Gasteiger partial charge < -0.3 is 54.7 Å². The van der Waals surface area contributed by atoms with Gasteiger partial charge in [0.1, 0.15) is 49.3 Å². The van der Waals surface area contributed by atoms with Crippen LogP contribution in [0.4, 0.5) is 0 Å². The molecule has 0 spiro atoms. The first kappa shape index (κ1) is 27.3. The smallest absolute Gasteiger partial charge is 0.305 e. The predicted molar refractivity (Wildman–Crippen MR) is 106 cm³/mol. The van der Waals surface area contributed by atoms with E-state index in [0.29, 0.717) is 6.42 Å². The van der Waals surface area contributed by atoms with Gasteiger partial charge in [0.25, 0.3) is 0 Å². The number of aliphatic hydroxyl groups is 7. The Bertz CT molecular complexity index is 575. The normalized spacial score (nSPS) is 39.9. The second kappa shape index (κ2) is 12.5. The van der Waals surface area contributed by atoms with Crippen molar-refractivity contribution in [1.82, 2.24) is 0 Å². The van der Waals surface area contributed by atoms with Gasteiger partial charge in [-0.25, -0.2) is 0 Å². The van der Waals surface area contributed by atoms with Crippen molar-refractivity contribution in [3.8, 4) is 0 Å². The van der Waals surface area contributed by atoms with E-state index in [1.54, 1.807) is 0 Å². The zero-order valence-electron chi connectivity index (χ0n) is 18.2. The molecule has 188 valence electrons. The van der Waals surface area contributed by atoms with Crippen molar-refractivity contribution in [2.45, 2.75) is 100 Å². The molecule has 32 heavy (non-hydrogen) atoms. The number of carbonyl (C=O) groups excluding carboxylic acids is 1. The summed E-state index contributed by atoms with van der Waals surface area (Å²) < 4.78 is 21.5. The Hall–Kier alpha value is -0.930. The second-order valence-corrected chi connectivity index (χ2v) is 8.23. The summed E-state index contributed by atoms with van der Waals surface area (Å²) in [6.45, 7) is -0.0336. The molecule has 2 heterocycles. The van der Waals surface area contributed by atoms with Crippen LogP contribution in [-0.4, -0.2) is 116 Å². The third-order valence-electron chi connectivity index (χ3n) is 5.77. The van der Waals surface area contributed by atoms with E-state index in [4.69, 9.17) is 18.9 Å². The van der Waals surface area contributed by atoms with Gasteiger partial charge in [-0.05, 0) is 6.42 Å². The molecule has 2 saturated heterocycles. The molecule has 0 aliphatic carbocycles. The van der Waals surface area contributed by atoms with E-state index in [9.17, 15) is 40.5 Å². The number of hydrogen-bond acceptors (Lipinski definition) is 12. The summed E-state index contributed by atoms with van der Waals surface area (Å²) in [5.41, 5.74) is 0. The minimum Gasteiger partial charge on any atom is -0.460 e. The first-order valence-electron chi connectivity index (χ1n) is 11.0. The summed E-state index contributed by atoms with van der Waals surface area (Å²) in [7, 11) is 0. The van der Waals surface area contributed by atoms with Crippen molar-refractivity contribution in [2.24, 2.45) is 0 Å². The van der Waals surface area contributed by atoms with Crippen LogP contribution in [0.25, 0.3) is 0 Å². The number of esters is 1. The van der Waals surface area contributed by atoms with E-state index < -0.39 is 80.6 Å².